The number of benzene rings is 1. The van der Waals surface area contributed by atoms with Crippen molar-refractivity contribution in [3.8, 4) is 0 Å². The molecule has 1 saturated carbocycles. The average molecular weight is 393 g/mol. The van der Waals surface area contributed by atoms with Crippen molar-refractivity contribution in [2.75, 3.05) is 6.26 Å². The fraction of sp³-hybridized carbons (Fsp3) is 0.500. The number of thioether (sulfide) groups is 1. The van der Waals surface area contributed by atoms with Gasteiger partial charge < -0.3 is 5.11 Å². The summed E-state index contributed by atoms with van der Waals surface area (Å²) in [5, 5.41) is 9.09. The Balaban J connectivity index is 2.18. The van der Waals surface area contributed by atoms with Gasteiger partial charge in [0.25, 0.3) is 0 Å². The first-order valence-electron chi connectivity index (χ1n) is 6.65. The summed E-state index contributed by atoms with van der Waals surface area (Å²) in [5.74, 6) is -0.958. The van der Waals surface area contributed by atoms with Crippen LogP contribution in [-0.2, 0) is 9.84 Å². The number of carboxylic acid groups (broad SMARTS) is 1. The van der Waals surface area contributed by atoms with Gasteiger partial charge >= 0.3 is 5.97 Å². The van der Waals surface area contributed by atoms with Crippen molar-refractivity contribution < 1.29 is 18.3 Å². The molecular weight excluding hydrogens is 376 g/mol. The number of rotatable bonds is 4. The van der Waals surface area contributed by atoms with Gasteiger partial charge in [-0.05, 0) is 37.5 Å². The van der Waals surface area contributed by atoms with Crippen LogP contribution in [0.4, 0.5) is 0 Å². The summed E-state index contributed by atoms with van der Waals surface area (Å²) in [5.41, 5.74) is 0.268. The van der Waals surface area contributed by atoms with Crippen LogP contribution in [0.25, 0.3) is 0 Å². The molecule has 1 aromatic carbocycles. The molecule has 7 heteroatoms. The van der Waals surface area contributed by atoms with Gasteiger partial charge in [0.05, 0.1) is 10.8 Å². The van der Waals surface area contributed by atoms with E-state index in [1.54, 1.807) is 18.2 Å². The largest absolute Gasteiger partial charge is 0.478 e. The second kappa shape index (κ2) is 6.71. The van der Waals surface area contributed by atoms with Crippen LogP contribution in [0.3, 0.4) is 0 Å². The van der Waals surface area contributed by atoms with E-state index in [1.165, 1.54) is 18.0 Å². The molecule has 1 fully saturated rings. The molecule has 1 aliphatic rings. The Morgan fingerprint density at radius 1 is 1.38 bits per heavy atom. The molecule has 2 unspecified atom stereocenters. The molecule has 2 rings (SSSR count). The number of carbonyl (C=O) groups is 1. The summed E-state index contributed by atoms with van der Waals surface area (Å²) < 4.78 is 24.2. The van der Waals surface area contributed by atoms with Crippen LogP contribution in [0.15, 0.2) is 27.6 Å². The molecule has 116 valence electrons. The van der Waals surface area contributed by atoms with Gasteiger partial charge in [0.2, 0.25) is 0 Å². The van der Waals surface area contributed by atoms with Crippen LogP contribution in [-0.4, -0.2) is 36.2 Å². The number of halogens is 1. The number of aromatic carboxylic acids is 1. The maximum absolute atomic E-state index is 11.7. The lowest BCUT2D eigenvalue weighted by molar-refractivity contribution is 0.0693. The predicted octanol–water partition coefficient (Wildman–Crippen LogP) is 3.60. The highest BCUT2D eigenvalue weighted by Gasteiger charge is 2.30. The van der Waals surface area contributed by atoms with Gasteiger partial charge in [-0.15, -0.1) is 11.8 Å². The molecule has 1 N–H and O–H groups in total. The van der Waals surface area contributed by atoms with E-state index in [-0.39, 0.29) is 16.1 Å². The van der Waals surface area contributed by atoms with E-state index in [9.17, 15) is 18.3 Å². The smallest absolute Gasteiger partial charge is 0.336 e. The van der Waals surface area contributed by atoms with Crippen LogP contribution in [0.1, 0.15) is 36.0 Å². The van der Waals surface area contributed by atoms with Crippen LogP contribution < -0.4 is 0 Å². The second-order valence-electron chi connectivity index (χ2n) is 5.30. The van der Waals surface area contributed by atoms with Crippen molar-refractivity contribution >= 4 is 43.5 Å². The summed E-state index contributed by atoms with van der Waals surface area (Å²) in [4.78, 5) is 12.0. The Kier molecular flexibility index (Phi) is 5.38. The van der Waals surface area contributed by atoms with Gasteiger partial charge in [0, 0.05) is 20.9 Å². The number of sulfone groups is 1. The highest BCUT2D eigenvalue weighted by Crippen LogP contribution is 2.38. The van der Waals surface area contributed by atoms with Crippen molar-refractivity contribution in [2.24, 2.45) is 0 Å². The van der Waals surface area contributed by atoms with Crippen molar-refractivity contribution in [3.63, 3.8) is 0 Å². The number of hydrogen-bond acceptors (Lipinski definition) is 4. The topological polar surface area (TPSA) is 71.4 Å². The summed E-state index contributed by atoms with van der Waals surface area (Å²) >= 11 is 4.83. The zero-order valence-corrected chi connectivity index (χ0v) is 14.8. The highest BCUT2D eigenvalue weighted by atomic mass is 79.9. The average Bonchev–Trinajstić information content (AvgIpc) is 2.37. The van der Waals surface area contributed by atoms with Crippen LogP contribution in [0.2, 0.25) is 0 Å². The Morgan fingerprint density at radius 3 is 2.71 bits per heavy atom. The zero-order chi connectivity index (χ0) is 15.6. The third kappa shape index (κ3) is 4.47. The first-order valence-corrected chi connectivity index (χ1v) is 10.3. The van der Waals surface area contributed by atoms with E-state index < -0.39 is 15.8 Å². The Morgan fingerprint density at radius 2 is 2.10 bits per heavy atom. The highest BCUT2D eigenvalue weighted by molar-refractivity contribution is 9.10. The lowest BCUT2D eigenvalue weighted by atomic mass is 10.00. The molecule has 0 heterocycles. The minimum atomic E-state index is -3.02. The molecule has 0 amide bonds. The Bertz CT molecular complexity index is 642. The first-order chi connectivity index (χ1) is 9.77. The van der Waals surface area contributed by atoms with E-state index in [4.69, 9.17) is 0 Å². The van der Waals surface area contributed by atoms with E-state index >= 15 is 0 Å². The van der Waals surface area contributed by atoms with Gasteiger partial charge in [-0.2, -0.15) is 0 Å². The van der Waals surface area contributed by atoms with E-state index in [0.717, 1.165) is 17.3 Å². The molecule has 1 aromatic rings. The fourth-order valence-electron chi connectivity index (χ4n) is 2.55. The Hall–Kier alpha value is -0.530. The summed E-state index contributed by atoms with van der Waals surface area (Å²) in [6.45, 7) is 0. The number of hydrogen-bond donors (Lipinski definition) is 1. The predicted molar refractivity (Wildman–Crippen MR) is 87.8 cm³/mol. The fourth-order valence-corrected chi connectivity index (χ4v) is 5.81. The lowest BCUT2D eigenvalue weighted by Crippen LogP contribution is -2.28. The van der Waals surface area contributed by atoms with Crippen LogP contribution in [0.5, 0.6) is 0 Å². The molecule has 0 aliphatic heterocycles. The first kappa shape index (κ1) is 16.8. The summed E-state index contributed by atoms with van der Waals surface area (Å²) in [6.07, 6.45) is 4.37. The van der Waals surface area contributed by atoms with E-state index in [2.05, 4.69) is 15.9 Å². The van der Waals surface area contributed by atoms with E-state index in [1.807, 2.05) is 0 Å². The zero-order valence-electron chi connectivity index (χ0n) is 11.6. The molecule has 1 aliphatic carbocycles. The second-order valence-corrected chi connectivity index (χ2v) is 9.89. The van der Waals surface area contributed by atoms with E-state index in [0.29, 0.717) is 17.7 Å². The monoisotopic (exact) mass is 392 g/mol. The third-order valence-corrected chi connectivity index (χ3v) is 7.14. The van der Waals surface area contributed by atoms with Crippen molar-refractivity contribution in [1.82, 2.24) is 0 Å². The molecule has 21 heavy (non-hydrogen) atoms. The molecule has 0 radical (unpaired) electrons. The molecule has 0 saturated heterocycles. The van der Waals surface area contributed by atoms with Gasteiger partial charge in [-0.1, -0.05) is 22.4 Å². The van der Waals surface area contributed by atoms with Crippen molar-refractivity contribution in [2.45, 2.75) is 41.1 Å². The normalized spacial score (nSPS) is 23.0. The minimum Gasteiger partial charge on any atom is -0.478 e. The molecule has 4 nitrogen and oxygen atoms in total. The molecule has 0 aromatic heterocycles. The van der Waals surface area contributed by atoms with Gasteiger partial charge in [-0.3, -0.25) is 0 Å². The van der Waals surface area contributed by atoms with Gasteiger partial charge in [-0.25, -0.2) is 13.2 Å². The van der Waals surface area contributed by atoms with Crippen LogP contribution in [0, 0.1) is 0 Å². The summed E-state index contributed by atoms with van der Waals surface area (Å²) in [6, 6.07) is 5.07. The van der Waals surface area contributed by atoms with Crippen molar-refractivity contribution in [3.05, 3.63) is 28.2 Å². The standard InChI is InChI=1S/C14H17BrO4S2/c1-21(18,19)11-4-2-3-10(8-11)20-13-7-9(15)5-6-12(13)14(16)17/h5-7,10-11H,2-4,8H2,1H3,(H,16,17). The third-order valence-electron chi connectivity index (χ3n) is 3.65. The quantitative estimate of drug-likeness (QED) is 0.847. The van der Waals surface area contributed by atoms with Gasteiger partial charge in [0.15, 0.2) is 0 Å². The maximum atomic E-state index is 11.7. The SMILES string of the molecule is CS(=O)(=O)C1CCCC(Sc2cc(Br)ccc2C(=O)O)C1. The summed E-state index contributed by atoms with van der Waals surface area (Å²) in [7, 11) is -3.02. The lowest BCUT2D eigenvalue weighted by Gasteiger charge is -2.27. The molecule has 0 bridgehead atoms. The Labute approximate surface area is 137 Å². The molecule has 0 spiro atoms. The van der Waals surface area contributed by atoms with Gasteiger partial charge in [0.1, 0.15) is 9.84 Å². The molecular formula is C14H17BrO4S2. The van der Waals surface area contributed by atoms with Crippen LogP contribution >= 0.6 is 27.7 Å². The molecule has 2 atom stereocenters. The minimum absolute atomic E-state index is 0.144. The number of carboxylic acids is 1. The maximum Gasteiger partial charge on any atom is 0.336 e. The van der Waals surface area contributed by atoms with Crippen molar-refractivity contribution in [1.29, 1.82) is 0 Å².